The quantitative estimate of drug-likeness (QED) is 0.883. The molecule has 0 spiro atoms. The first-order valence-electron chi connectivity index (χ1n) is 7.74. The summed E-state index contributed by atoms with van der Waals surface area (Å²) < 4.78 is 1.91. The molecule has 21 heavy (non-hydrogen) atoms. The number of carbonyl (C=O) groups excluding carboxylic acids is 2. The molecule has 3 rings (SSSR count). The van der Waals surface area contributed by atoms with Gasteiger partial charge in [-0.15, -0.1) is 0 Å². The Morgan fingerprint density at radius 1 is 1.43 bits per heavy atom. The van der Waals surface area contributed by atoms with Gasteiger partial charge in [0.2, 0.25) is 5.91 Å². The van der Waals surface area contributed by atoms with E-state index in [2.05, 4.69) is 15.7 Å². The molecule has 2 heterocycles. The second-order valence-electron chi connectivity index (χ2n) is 6.26. The van der Waals surface area contributed by atoms with Crippen LogP contribution in [-0.2, 0) is 4.79 Å². The van der Waals surface area contributed by atoms with Crippen LogP contribution < -0.4 is 10.6 Å². The molecule has 6 nitrogen and oxygen atoms in total. The van der Waals surface area contributed by atoms with Crippen molar-refractivity contribution in [2.24, 2.45) is 0 Å². The normalized spacial score (nSPS) is 26.6. The molecule has 2 aliphatic rings. The lowest BCUT2D eigenvalue weighted by molar-refractivity contribution is -0.123. The van der Waals surface area contributed by atoms with Gasteiger partial charge in [-0.25, -0.2) is 0 Å². The van der Waals surface area contributed by atoms with Crippen LogP contribution in [0.1, 0.15) is 62.0 Å². The molecular formula is C15H22N4O2. The summed E-state index contributed by atoms with van der Waals surface area (Å²) in [6.07, 6.45) is 8.49. The predicted octanol–water partition coefficient (Wildman–Crippen LogP) is 1.40. The maximum atomic E-state index is 12.3. The third-order valence-electron chi connectivity index (χ3n) is 4.59. The van der Waals surface area contributed by atoms with Crippen LogP contribution in [0, 0.1) is 0 Å². The summed E-state index contributed by atoms with van der Waals surface area (Å²) in [4.78, 5) is 24.0. The maximum Gasteiger partial charge on any atom is 0.272 e. The molecule has 114 valence electrons. The van der Waals surface area contributed by atoms with Crippen molar-refractivity contribution in [2.45, 2.75) is 57.0 Å². The molecule has 0 bridgehead atoms. The number of hydrogen-bond donors (Lipinski definition) is 2. The molecule has 1 aromatic rings. The lowest BCUT2D eigenvalue weighted by Crippen LogP contribution is -2.51. The van der Waals surface area contributed by atoms with E-state index >= 15 is 0 Å². The number of hydrogen-bond acceptors (Lipinski definition) is 3. The highest BCUT2D eigenvalue weighted by molar-refractivity contribution is 5.98. The summed E-state index contributed by atoms with van der Waals surface area (Å²) in [6, 6.07) is 2.14. The van der Waals surface area contributed by atoms with Gasteiger partial charge in [-0.05, 0) is 32.3 Å². The van der Waals surface area contributed by atoms with Crippen molar-refractivity contribution in [3.8, 4) is 0 Å². The van der Waals surface area contributed by atoms with Gasteiger partial charge in [0.1, 0.15) is 11.2 Å². The van der Waals surface area contributed by atoms with Gasteiger partial charge in [0, 0.05) is 12.7 Å². The summed E-state index contributed by atoms with van der Waals surface area (Å²) in [7, 11) is 0. The summed E-state index contributed by atoms with van der Waals surface area (Å²) in [5.74, 6) is -0.397. The minimum absolute atomic E-state index is 0.123. The van der Waals surface area contributed by atoms with Crippen LogP contribution in [0.15, 0.2) is 12.3 Å². The van der Waals surface area contributed by atoms with E-state index in [1.165, 1.54) is 19.3 Å². The Labute approximate surface area is 124 Å². The Balaban J connectivity index is 1.68. The summed E-state index contributed by atoms with van der Waals surface area (Å²) in [6.45, 7) is 2.36. The molecule has 1 unspecified atom stereocenters. The van der Waals surface area contributed by atoms with E-state index in [9.17, 15) is 9.59 Å². The first-order valence-corrected chi connectivity index (χ1v) is 7.74. The third kappa shape index (κ3) is 2.80. The number of aromatic nitrogens is 2. The Bertz CT molecular complexity index is 548. The second kappa shape index (κ2) is 5.50. The Kier molecular flexibility index (Phi) is 3.69. The van der Waals surface area contributed by atoms with Crippen molar-refractivity contribution < 1.29 is 9.59 Å². The van der Waals surface area contributed by atoms with Gasteiger partial charge in [0.15, 0.2) is 0 Å². The zero-order chi connectivity index (χ0) is 14.9. The van der Waals surface area contributed by atoms with E-state index in [0.29, 0.717) is 24.7 Å². The predicted molar refractivity (Wildman–Crippen MR) is 77.8 cm³/mol. The van der Waals surface area contributed by atoms with E-state index in [1.807, 2.05) is 10.9 Å². The molecule has 0 radical (unpaired) electrons. The van der Waals surface area contributed by atoms with Crippen molar-refractivity contribution in [3.05, 3.63) is 18.0 Å². The van der Waals surface area contributed by atoms with Crippen molar-refractivity contribution in [1.82, 2.24) is 20.4 Å². The minimum Gasteiger partial charge on any atom is -0.354 e. The molecule has 6 heteroatoms. The van der Waals surface area contributed by atoms with E-state index in [4.69, 9.17) is 0 Å². The van der Waals surface area contributed by atoms with Gasteiger partial charge >= 0.3 is 0 Å². The van der Waals surface area contributed by atoms with Crippen molar-refractivity contribution in [3.63, 3.8) is 0 Å². The standard InChI is InChI=1S/C15H22N4O2/c1-15(8-9-16-14(15)21)17-13(20)12-7-10-19(18-12)11-5-3-2-4-6-11/h7,10-11H,2-6,8-9H2,1H3,(H,16,21)(H,17,20). The van der Waals surface area contributed by atoms with E-state index in [-0.39, 0.29) is 11.8 Å². The van der Waals surface area contributed by atoms with Crippen LogP contribution in [-0.4, -0.2) is 33.7 Å². The van der Waals surface area contributed by atoms with Gasteiger partial charge in [-0.3, -0.25) is 14.3 Å². The minimum atomic E-state index is -0.814. The van der Waals surface area contributed by atoms with E-state index in [1.54, 1.807) is 13.0 Å². The highest BCUT2D eigenvalue weighted by atomic mass is 16.2. The molecule has 2 amide bonds. The fourth-order valence-electron chi connectivity index (χ4n) is 3.18. The Morgan fingerprint density at radius 2 is 2.19 bits per heavy atom. The molecule has 1 atom stereocenters. The monoisotopic (exact) mass is 290 g/mol. The van der Waals surface area contributed by atoms with E-state index in [0.717, 1.165) is 12.8 Å². The van der Waals surface area contributed by atoms with Crippen LogP contribution in [0.2, 0.25) is 0 Å². The molecule has 1 saturated heterocycles. The van der Waals surface area contributed by atoms with Gasteiger partial charge < -0.3 is 10.6 Å². The number of rotatable bonds is 3. The number of carbonyl (C=O) groups is 2. The van der Waals surface area contributed by atoms with Crippen LogP contribution in [0.3, 0.4) is 0 Å². The molecule has 0 aromatic carbocycles. The zero-order valence-corrected chi connectivity index (χ0v) is 12.4. The Hall–Kier alpha value is -1.85. The highest BCUT2D eigenvalue weighted by Gasteiger charge is 2.39. The summed E-state index contributed by atoms with van der Waals surface area (Å²) in [5.41, 5.74) is -0.424. The van der Waals surface area contributed by atoms with Gasteiger partial charge in [0.25, 0.3) is 5.91 Å². The van der Waals surface area contributed by atoms with Crippen LogP contribution in [0.5, 0.6) is 0 Å². The lowest BCUT2D eigenvalue weighted by Gasteiger charge is -2.22. The molecule has 2 N–H and O–H groups in total. The van der Waals surface area contributed by atoms with Crippen LogP contribution in [0.25, 0.3) is 0 Å². The largest absolute Gasteiger partial charge is 0.354 e. The van der Waals surface area contributed by atoms with Gasteiger partial charge in [-0.2, -0.15) is 5.10 Å². The van der Waals surface area contributed by atoms with E-state index < -0.39 is 5.54 Å². The third-order valence-corrected chi connectivity index (χ3v) is 4.59. The molecule has 1 saturated carbocycles. The van der Waals surface area contributed by atoms with Crippen molar-refractivity contribution >= 4 is 11.8 Å². The fourth-order valence-corrected chi connectivity index (χ4v) is 3.18. The number of nitrogens with one attached hydrogen (secondary N) is 2. The first-order chi connectivity index (χ1) is 10.1. The average molecular weight is 290 g/mol. The topological polar surface area (TPSA) is 76.0 Å². The molecule has 1 aliphatic carbocycles. The molecule has 1 aliphatic heterocycles. The highest BCUT2D eigenvalue weighted by Crippen LogP contribution is 2.27. The number of nitrogens with zero attached hydrogens (tertiary/aromatic N) is 2. The molecule has 1 aromatic heterocycles. The lowest BCUT2D eigenvalue weighted by atomic mass is 9.96. The van der Waals surface area contributed by atoms with Crippen LogP contribution in [0.4, 0.5) is 0 Å². The van der Waals surface area contributed by atoms with Gasteiger partial charge in [-0.1, -0.05) is 19.3 Å². The average Bonchev–Trinajstić information content (AvgIpc) is 3.08. The maximum absolute atomic E-state index is 12.3. The fraction of sp³-hybridized carbons (Fsp3) is 0.667. The smallest absolute Gasteiger partial charge is 0.272 e. The Morgan fingerprint density at radius 3 is 2.86 bits per heavy atom. The van der Waals surface area contributed by atoms with Crippen molar-refractivity contribution in [2.75, 3.05) is 6.54 Å². The van der Waals surface area contributed by atoms with Gasteiger partial charge in [0.05, 0.1) is 6.04 Å². The molecule has 2 fully saturated rings. The second-order valence-corrected chi connectivity index (χ2v) is 6.26. The molecular weight excluding hydrogens is 268 g/mol. The number of amides is 2. The SMILES string of the molecule is CC1(NC(=O)c2ccn(C3CCCCC3)n2)CCNC1=O. The first kappa shape index (κ1) is 14.1. The zero-order valence-electron chi connectivity index (χ0n) is 12.4. The van der Waals surface area contributed by atoms with Crippen LogP contribution >= 0.6 is 0 Å². The summed E-state index contributed by atoms with van der Waals surface area (Å²) >= 11 is 0. The van der Waals surface area contributed by atoms with Crippen molar-refractivity contribution in [1.29, 1.82) is 0 Å². The summed E-state index contributed by atoms with van der Waals surface area (Å²) in [5, 5.41) is 9.96.